The fourth-order valence-corrected chi connectivity index (χ4v) is 1.80. The zero-order chi connectivity index (χ0) is 15.5. The van der Waals surface area contributed by atoms with Gasteiger partial charge in [0.1, 0.15) is 6.10 Å². The number of nitrogens with zero attached hydrogens (tertiary/aromatic N) is 2. The maximum absolute atomic E-state index is 12.6. The number of aliphatic hydroxyl groups is 1. The van der Waals surface area contributed by atoms with E-state index in [-0.39, 0.29) is 31.1 Å². The molecule has 8 heteroatoms. The van der Waals surface area contributed by atoms with Crippen molar-refractivity contribution in [3.8, 4) is 0 Å². The van der Waals surface area contributed by atoms with Gasteiger partial charge in [-0.15, -0.1) is 0 Å². The van der Waals surface area contributed by atoms with Gasteiger partial charge in [0.2, 0.25) is 0 Å². The van der Waals surface area contributed by atoms with Gasteiger partial charge in [0.15, 0.2) is 5.82 Å². The zero-order valence-corrected chi connectivity index (χ0v) is 11.0. The fourth-order valence-electron chi connectivity index (χ4n) is 1.80. The quantitative estimate of drug-likeness (QED) is 0.883. The Kier molecular flexibility index (Phi) is 4.59. The smallest absolute Gasteiger partial charge is 0.383 e. The van der Waals surface area contributed by atoms with E-state index in [0.29, 0.717) is 5.56 Å². The summed E-state index contributed by atoms with van der Waals surface area (Å²) in [6.07, 6.45) is -5.00. The van der Waals surface area contributed by atoms with Gasteiger partial charge in [0, 0.05) is 6.42 Å². The van der Waals surface area contributed by atoms with Crippen LogP contribution in [0.5, 0.6) is 0 Å². The molecule has 2 rings (SSSR count). The Hall–Kier alpha value is -1.93. The molecule has 1 aromatic carbocycles. The van der Waals surface area contributed by atoms with Gasteiger partial charge in [-0.05, 0) is 24.6 Å². The highest BCUT2D eigenvalue weighted by molar-refractivity contribution is 5.27. The van der Waals surface area contributed by atoms with Crippen molar-refractivity contribution < 1.29 is 22.8 Å². The van der Waals surface area contributed by atoms with Gasteiger partial charge in [-0.1, -0.05) is 23.4 Å². The van der Waals surface area contributed by atoms with Crippen LogP contribution in [0.4, 0.5) is 13.2 Å². The number of aliphatic hydroxyl groups excluding tert-OH is 1. The lowest BCUT2D eigenvalue weighted by Gasteiger charge is -2.07. The third-order valence-electron chi connectivity index (χ3n) is 2.83. The van der Waals surface area contributed by atoms with Crippen LogP contribution in [0.25, 0.3) is 0 Å². The van der Waals surface area contributed by atoms with Crippen LogP contribution in [-0.2, 0) is 12.6 Å². The number of halogens is 3. The summed E-state index contributed by atoms with van der Waals surface area (Å²) in [5.74, 6) is 0.225. The van der Waals surface area contributed by atoms with Crippen LogP contribution < -0.4 is 5.73 Å². The number of hydrogen-bond acceptors (Lipinski definition) is 5. The van der Waals surface area contributed by atoms with Crippen LogP contribution in [0.2, 0.25) is 0 Å². The normalized spacial score (nSPS) is 13.4. The van der Waals surface area contributed by atoms with Crippen molar-refractivity contribution in [2.45, 2.75) is 25.1 Å². The summed E-state index contributed by atoms with van der Waals surface area (Å²) in [6, 6.07) is 4.90. The number of benzene rings is 1. The summed E-state index contributed by atoms with van der Waals surface area (Å²) in [6.45, 7) is 0.256. The summed E-state index contributed by atoms with van der Waals surface area (Å²) in [7, 11) is 0. The topological polar surface area (TPSA) is 85.2 Å². The maximum Gasteiger partial charge on any atom is 0.416 e. The van der Waals surface area contributed by atoms with E-state index in [1.54, 1.807) is 6.07 Å². The summed E-state index contributed by atoms with van der Waals surface area (Å²) < 4.78 is 42.7. The molecule has 2 aromatic rings. The van der Waals surface area contributed by atoms with E-state index < -0.39 is 17.8 Å². The molecule has 1 heterocycles. The first-order valence-electron chi connectivity index (χ1n) is 6.27. The van der Waals surface area contributed by atoms with E-state index in [2.05, 4.69) is 10.1 Å². The Bertz CT molecular complexity index is 598. The van der Waals surface area contributed by atoms with E-state index in [4.69, 9.17) is 10.3 Å². The van der Waals surface area contributed by atoms with Gasteiger partial charge in [0.25, 0.3) is 5.89 Å². The molecule has 0 saturated carbocycles. The van der Waals surface area contributed by atoms with Crippen LogP contribution in [0.15, 0.2) is 28.8 Å². The Morgan fingerprint density at radius 3 is 2.76 bits per heavy atom. The van der Waals surface area contributed by atoms with Gasteiger partial charge < -0.3 is 15.4 Å². The molecule has 0 aliphatic heterocycles. The Morgan fingerprint density at radius 1 is 1.33 bits per heavy atom. The second-order valence-electron chi connectivity index (χ2n) is 4.52. The summed E-state index contributed by atoms with van der Waals surface area (Å²) >= 11 is 0. The van der Waals surface area contributed by atoms with Crippen LogP contribution in [0.3, 0.4) is 0 Å². The monoisotopic (exact) mass is 301 g/mol. The molecule has 0 radical (unpaired) electrons. The largest absolute Gasteiger partial charge is 0.416 e. The van der Waals surface area contributed by atoms with E-state index in [9.17, 15) is 18.3 Å². The van der Waals surface area contributed by atoms with Crippen LogP contribution in [-0.4, -0.2) is 21.8 Å². The molecule has 0 spiro atoms. The molecule has 21 heavy (non-hydrogen) atoms. The van der Waals surface area contributed by atoms with Crippen molar-refractivity contribution in [3.63, 3.8) is 0 Å². The average molecular weight is 301 g/mol. The molecule has 0 bridgehead atoms. The molecule has 0 aliphatic rings. The number of nitrogens with two attached hydrogens (primary N) is 1. The van der Waals surface area contributed by atoms with Crippen LogP contribution in [0, 0.1) is 0 Å². The van der Waals surface area contributed by atoms with Crippen molar-refractivity contribution in [3.05, 3.63) is 47.1 Å². The first-order valence-corrected chi connectivity index (χ1v) is 6.27. The van der Waals surface area contributed by atoms with Crippen LogP contribution >= 0.6 is 0 Å². The van der Waals surface area contributed by atoms with Gasteiger partial charge in [-0.3, -0.25) is 0 Å². The molecule has 0 aliphatic carbocycles. The molecule has 3 N–H and O–H groups in total. The molecule has 1 aromatic heterocycles. The highest BCUT2D eigenvalue weighted by atomic mass is 19.4. The summed E-state index contributed by atoms with van der Waals surface area (Å²) in [4.78, 5) is 3.95. The summed E-state index contributed by atoms with van der Waals surface area (Å²) in [5, 5.41) is 13.3. The van der Waals surface area contributed by atoms with Crippen molar-refractivity contribution in [2.24, 2.45) is 5.73 Å². The molecule has 0 amide bonds. The molecule has 0 fully saturated rings. The minimum absolute atomic E-state index is 0.0161. The molecule has 114 valence electrons. The third-order valence-corrected chi connectivity index (χ3v) is 2.83. The SMILES string of the molecule is NCCC(O)c1nc(Cc2cccc(C(F)(F)F)c2)no1. The first-order chi connectivity index (χ1) is 9.90. The number of alkyl halides is 3. The van der Waals surface area contributed by atoms with Gasteiger partial charge in [0.05, 0.1) is 5.56 Å². The Balaban J connectivity index is 2.12. The van der Waals surface area contributed by atoms with E-state index in [1.807, 2.05) is 0 Å². The van der Waals surface area contributed by atoms with Crippen LogP contribution in [0.1, 0.15) is 35.4 Å². The van der Waals surface area contributed by atoms with E-state index >= 15 is 0 Å². The highest BCUT2D eigenvalue weighted by Crippen LogP contribution is 2.29. The second-order valence-corrected chi connectivity index (χ2v) is 4.52. The maximum atomic E-state index is 12.6. The molecule has 1 atom stereocenters. The first kappa shape index (κ1) is 15.5. The lowest BCUT2D eigenvalue weighted by molar-refractivity contribution is -0.137. The van der Waals surface area contributed by atoms with Crippen molar-refractivity contribution in [1.29, 1.82) is 0 Å². The average Bonchev–Trinajstić information content (AvgIpc) is 2.87. The molecule has 1 unspecified atom stereocenters. The van der Waals surface area contributed by atoms with Gasteiger partial charge in [-0.25, -0.2) is 0 Å². The van der Waals surface area contributed by atoms with Crippen molar-refractivity contribution >= 4 is 0 Å². The second kappa shape index (κ2) is 6.23. The number of aromatic nitrogens is 2. The van der Waals surface area contributed by atoms with Crippen molar-refractivity contribution in [2.75, 3.05) is 6.54 Å². The Morgan fingerprint density at radius 2 is 2.10 bits per heavy atom. The predicted octanol–water partition coefficient (Wildman–Crippen LogP) is 2.06. The number of hydrogen-bond donors (Lipinski definition) is 2. The summed E-state index contributed by atoms with van der Waals surface area (Å²) in [5.41, 5.74) is 4.98. The standard InChI is InChI=1S/C13H14F3N3O2/c14-13(15,16)9-3-1-2-8(6-9)7-11-18-12(21-19-11)10(20)4-5-17/h1-3,6,10,20H,4-5,7,17H2. The molecule has 5 nitrogen and oxygen atoms in total. The fraction of sp³-hybridized carbons (Fsp3) is 0.385. The number of rotatable bonds is 5. The lowest BCUT2D eigenvalue weighted by Crippen LogP contribution is -2.07. The minimum Gasteiger partial charge on any atom is -0.383 e. The Labute approximate surface area is 118 Å². The van der Waals surface area contributed by atoms with E-state index in [0.717, 1.165) is 12.1 Å². The lowest BCUT2D eigenvalue weighted by atomic mass is 10.1. The minimum atomic E-state index is -4.39. The van der Waals surface area contributed by atoms with Gasteiger partial charge >= 0.3 is 6.18 Å². The highest BCUT2D eigenvalue weighted by Gasteiger charge is 2.30. The molecular formula is C13H14F3N3O2. The van der Waals surface area contributed by atoms with Crippen molar-refractivity contribution in [1.82, 2.24) is 10.1 Å². The third kappa shape index (κ3) is 4.02. The van der Waals surface area contributed by atoms with Gasteiger partial charge in [-0.2, -0.15) is 18.2 Å². The predicted molar refractivity (Wildman–Crippen MR) is 67.2 cm³/mol. The molecule has 0 saturated heterocycles. The van der Waals surface area contributed by atoms with E-state index in [1.165, 1.54) is 6.07 Å². The molecular weight excluding hydrogens is 287 g/mol. The zero-order valence-electron chi connectivity index (χ0n) is 11.0.